The van der Waals surface area contributed by atoms with Gasteiger partial charge in [0, 0.05) is 48.3 Å². The molecular formula is C38H52N4O5. The molecule has 0 aromatic carbocycles. The normalized spacial score (nSPS) is 48.6. The highest BCUT2D eigenvalue weighted by atomic mass is 16.5. The molecule has 1 unspecified atom stereocenters. The third-order valence-corrected chi connectivity index (χ3v) is 14.4. The SMILES string of the molecule is CN=C1NCC#C[C@@H]2C[C@@H](C)[C@@]34C[C@](O)([C@@H]5CC[C@H]6CC[C@@H]7C=CC=C[C@@H]7[C@H]6O5)C(C(=O)[O-])=C3C[C@@H]2[C@@]42C[NH+]1CC[C@@H]2CNCCO. The number of guanidine groups is 1. The minimum absolute atomic E-state index is 0.0221. The van der Waals surface area contributed by atoms with Crippen LogP contribution in [0, 0.1) is 64.1 Å². The van der Waals surface area contributed by atoms with Gasteiger partial charge in [0.1, 0.15) is 5.60 Å². The Kier molecular flexibility index (Phi) is 8.00. The summed E-state index contributed by atoms with van der Waals surface area (Å²) in [5.74, 6) is 8.53. The predicted molar refractivity (Wildman–Crippen MR) is 176 cm³/mol. The topological polar surface area (TPSA) is 131 Å². The number of aliphatic hydroxyl groups excluding tert-OH is 1. The van der Waals surface area contributed by atoms with Gasteiger partial charge in [-0.2, -0.15) is 0 Å². The van der Waals surface area contributed by atoms with Crippen molar-refractivity contribution in [2.24, 2.45) is 57.2 Å². The zero-order valence-corrected chi connectivity index (χ0v) is 28.0. The van der Waals surface area contributed by atoms with Gasteiger partial charge < -0.3 is 35.5 Å². The molecule has 3 heterocycles. The molecule has 5 bridgehead atoms. The zero-order valence-electron chi connectivity index (χ0n) is 28.0. The highest BCUT2D eigenvalue weighted by molar-refractivity contribution is 5.90. The maximum atomic E-state index is 13.5. The van der Waals surface area contributed by atoms with Crippen LogP contribution in [0.1, 0.15) is 58.3 Å². The van der Waals surface area contributed by atoms with Crippen molar-refractivity contribution in [1.82, 2.24) is 10.6 Å². The summed E-state index contributed by atoms with van der Waals surface area (Å²) in [5.41, 5.74) is -1.42. The molecule has 3 aliphatic heterocycles. The number of carbonyl (C=O) groups is 1. The number of allylic oxidation sites excluding steroid dienone is 4. The molecule has 3 saturated carbocycles. The summed E-state index contributed by atoms with van der Waals surface area (Å²) in [7, 11) is 1.84. The van der Waals surface area contributed by atoms with Gasteiger partial charge >= 0.3 is 0 Å². The summed E-state index contributed by atoms with van der Waals surface area (Å²) in [6.45, 7) is 5.90. The van der Waals surface area contributed by atoms with E-state index in [4.69, 9.17) is 9.73 Å². The molecule has 0 aromatic heterocycles. The van der Waals surface area contributed by atoms with Crippen LogP contribution in [0.5, 0.6) is 0 Å². The molecule has 5 aliphatic carbocycles. The van der Waals surface area contributed by atoms with Gasteiger partial charge in [-0.05, 0) is 81.1 Å². The molecule has 8 rings (SSSR count). The third kappa shape index (κ3) is 4.47. The van der Waals surface area contributed by atoms with Crippen LogP contribution in [-0.4, -0.2) is 86.3 Å². The van der Waals surface area contributed by atoms with Crippen LogP contribution in [0.3, 0.4) is 0 Å². The number of carbonyl (C=O) groups excluding carboxylic acids is 1. The summed E-state index contributed by atoms with van der Waals surface area (Å²) in [5, 5.41) is 43.4. The number of hydrogen-bond acceptors (Lipinski definition) is 7. The number of nitrogens with zero attached hydrogens (tertiary/aromatic N) is 1. The van der Waals surface area contributed by atoms with Gasteiger partial charge in [-0.1, -0.05) is 48.6 Å². The number of carboxylic acid groups (broad SMARTS) is 1. The lowest BCUT2D eigenvalue weighted by molar-refractivity contribution is -0.830. The van der Waals surface area contributed by atoms with Gasteiger partial charge in [-0.15, -0.1) is 0 Å². The van der Waals surface area contributed by atoms with E-state index in [0.29, 0.717) is 44.2 Å². The van der Waals surface area contributed by atoms with E-state index < -0.39 is 23.1 Å². The summed E-state index contributed by atoms with van der Waals surface area (Å²) in [4.78, 5) is 19.5. The number of rotatable bonds is 6. The van der Waals surface area contributed by atoms with Crippen molar-refractivity contribution in [2.45, 2.75) is 76.1 Å². The van der Waals surface area contributed by atoms with Crippen molar-refractivity contribution in [2.75, 3.05) is 46.4 Å². The van der Waals surface area contributed by atoms with Crippen LogP contribution in [0.2, 0.25) is 0 Å². The van der Waals surface area contributed by atoms with Crippen molar-refractivity contribution in [3.8, 4) is 11.8 Å². The van der Waals surface area contributed by atoms with E-state index >= 15 is 0 Å². The van der Waals surface area contributed by atoms with Crippen molar-refractivity contribution in [1.29, 1.82) is 0 Å². The second kappa shape index (κ2) is 11.8. The highest BCUT2D eigenvalue weighted by Gasteiger charge is 2.78. The Bertz CT molecular complexity index is 1480. The molecule has 0 amide bonds. The second-order valence-corrected chi connectivity index (χ2v) is 16.0. The maximum absolute atomic E-state index is 13.5. The number of hydrogen-bond donors (Lipinski definition) is 5. The summed E-state index contributed by atoms with van der Waals surface area (Å²) in [6.07, 6.45) is 14.9. The largest absolute Gasteiger partial charge is 0.545 e. The highest BCUT2D eigenvalue weighted by Crippen LogP contribution is 2.78. The Morgan fingerprint density at radius 3 is 2.87 bits per heavy atom. The number of piperidine rings is 1. The average Bonchev–Trinajstić information content (AvgIpc) is 3.46. The lowest BCUT2D eigenvalue weighted by Crippen LogP contribution is -3.19. The van der Waals surface area contributed by atoms with Gasteiger partial charge in [0.05, 0.1) is 44.4 Å². The molecule has 2 saturated heterocycles. The van der Waals surface area contributed by atoms with Crippen molar-refractivity contribution in [3.63, 3.8) is 0 Å². The standard InChI is InChI=1S/C38H52N4O5/c1-23-18-26-7-5-14-41-35(39-2)42-16-13-27(20-40-15-17-43)37(22-42)29(26)19-30-32(34(44)45)38(46,21-36(23,30)37)31-12-11-25-10-9-24-6-3-4-8-28(24)33(25)47-31/h3-4,6,8,23-29,31,33,40,43,46H,9-22H2,1-2H3,(H,39,41)(H,44,45)/t23-,24+,25-,26-,27-,28+,29+,31+,33+,36+,37+,38+/m1/s1. The van der Waals surface area contributed by atoms with E-state index in [-0.39, 0.29) is 53.3 Å². The first-order chi connectivity index (χ1) is 22.8. The van der Waals surface area contributed by atoms with Gasteiger partial charge in [0.15, 0.2) is 0 Å². The van der Waals surface area contributed by atoms with E-state index in [2.05, 4.69) is 53.7 Å². The van der Waals surface area contributed by atoms with Gasteiger partial charge in [0.2, 0.25) is 0 Å². The van der Waals surface area contributed by atoms with Crippen LogP contribution < -0.4 is 20.6 Å². The number of ether oxygens (including phenoxy) is 1. The van der Waals surface area contributed by atoms with Crippen LogP contribution in [0.4, 0.5) is 0 Å². The number of fused-ring (bicyclic) bond motifs is 4. The number of nitrogens with one attached hydrogen (secondary N) is 3. The molecule has 47 heavy (non-hydrogen) atoms. The first-order valence-electron chi connectivity index (χ1n) is 18.3. The van der Waals surface area contributed by atoms with Crippen molar-refractivity contribution in [3.05, 3.63) is 35.5 Å². The van der Waals surface area contributed by atoms with Gasteiger partial charge in [-0.25, -0.2) is 4.99 Å². The molecule has 9 nitrogen and oxygen atoms in total. The van der Waals surface area contributed by atoms with Crippen LogP contribution in [0.25, 0.3) is 0 Å². The minimum atomic E-state index is -1.62. The number of carboxylic acids is 1. The lowest BCUT2D eigenvalue weighted by atomic mass is 9.43. The Labute approximate surface area is 279 Å². The quantitative estimate of drug-likeness (QED) is 0.207. The van der Waals surface area contributed by atoms with Gasteiger partial charge in [-0.3, -0.25) is 4.90 Å². The van der Waals surface area contributed by atoms with E-state index in [0.717, 1.165) is 63.3 Å². The van der Waals surface area contributed by atoms with E-state index in [1.165, 1.54) is 4.90 Å². The summed E-state index contributed by atoms with van der Waals surface area (Å²) in [6, 6.07) is 0. The molecule has 5 fully saturated rings. The Hall–Kier alpha value is -2.48. The summed E-state index contributed by atoms with van der Waals surface area (Å²) >= 11 is 0. The lowest BCUT2D eigenvalue weighted by Gasteiger charge is -2.62. The molecule has 0 aromatic rings. The number of aliphatic hydroxyl groups is 2. The molecule has 5 N–H and O–H groups in total. The zero-order chi connectivity index (χ0) is 32.6. The third-order valence-electron chi connectivity index (χ3n) is 14.4. The van der Waals surface area contributed by atoms with Crippen molar-refractivity contribution < 1.29 is 29.8 Å². The molecule has 8 aliphatic rings. The minimum Gasteiger partial charge on any atom is -0.545 e. The van der Waals surface area contributed by atoms with Crippen molar-refractivity contribution >= 4 is 11.9 Å². The monoisotopic (exact) mass is 644 g/mol. The van der Waals surface area contributed by atoms with E-state index in [1.807, 2.05) is 7.05 Å². The molecule has 0 radical (unpaired) electrons. The second-order valence-electron chi connectivity index (χ2n) is 16.0. The van der Waals surface area contributed by atoms with Crippen LogP contribution >= 0.6 is 0 Å². The van der Waals surface area contributed by atoms with Crippen LogP contribution in [-0.2, 0) is 9.53 Å². The van der Waals surface area contributed by atoms with Gasteiger partial charge in [0.25, 0.3) is 5.96 Å². The van der Waals surface area contributed by atoms with E-state index in [9.17, 15) is 20.1 Å². The maximum Gasteiger partial charge on any atom is 0.296 e. The van der Waals surface area contributed by atoms with Crippen LogP contribution in [0.15, 0.2) is 40.4 Å². The molecule has 254 valence electrons. The molecule has 9 heteroatoms. The Balaban J connectivity index is 1.26. The number of aliphatic imine (C=N–C) groups is 1. The summed E-state index contributed by atoms with van der Waals surface area (Å²) < 4.78 is 7.03. The fraction of sp³-hybridized carbons (Fsp3) is 0.737. The molecule has 2 spiro atoms. The van der Waals surface area contributed by atoms with E-state index in [1.54, 1.807) is 0 Å². The fourth-order valence-electron chi connectivity index (χ4n) is 12.8. The first kappa shape index (κ1) is 31.8. The molecular weight excluding hydrogens is 592 g/mol. The predicted octanol–water partition coefficient (Wildman–Crippen LogP) is 0.212. The smallest absolute Gasteiger partial charge is 0.296 e. The fourth-order valence-corrected chi connectivity index (χ4v) is 12.8. The number of quaternary nitrogens is 1. The number of aliphatic carboxylic acids is 1. The molecule has 13 atom stereocenters. The Morgan fingerprint density at radius 1 is 1.23 bits per heavy atom. The average molecular weight is 645 g/mol. The first-order valence-corrected chi connectivity index (χ1v) is 18.3. The Morgan fingerprint density at radius 2 is 2.06 bits per heavy atom.